The third-order valence-corrected chi connectivity index (χ3v) is 3.77. The second kappa shape index (κ2) is 6.39. The van der Waals surface area contributed by atoms with E-state index in [9.17, 15) is 0 Å². The van der Waals surface area contributed by atoms with Crippen molar-refractivity contribution in [2.45, 2.75) is 25.3 Å². The highest BCUT2D eigenvalue weighted by Gasteiger charge is 2.23. The molecule has 100 valence electrons. The van der Waals surface area contributed by atoms with Gasteiger partial charge in [0.15, 0.2) is 0 Å². The lowest BCUT2D eigenvalue weighted by Gasteiger charge is -2.38. The number of hydrogen-bond acceptors (Lipinski definition) is 2. The average Bonchev–Trinajstić information content (AvgIpc) is 2.49. The Morgan fingerprint density at radius 2 is 1.42 bits per heavy atom. The fraction of sp³-hybridized carbons (Fsp3) is 0.294. The highest BCUT2D eigenvalue weighted by atomic mass is 15.2. The SMILES string of the molecule is N.c1ccc(C2CCCCN2c2ccccc2)cc1. The molecule has 0 spiro atoms. The maximum Gasteiger partial charge on any atom is 0.0542 e. The minimum absolute atomic E-state index is 0. The highest BCUT2D eigenvalue weighted by molar-refractivity contribution is 5.49. The Labute approximate surface area is 115 Å². The number of piperidine rings is 1. The summed E-state index contributed by atoms with van der Waals surface area (Å²) in [4.78, 5) is 2.55. The van der Waals surface area contributed by atoms with Crippen LogP contribution in [0.3, 0.4) is 0 Å². The Balaban J connectivity index is 0.00000133. The summed E-state index contributed by atoms with van der Waals surface area (Å²) in [5.74, 6) is 0. The molecule has 0 bridgehead atoms. The lowest BCUT2D eigenvalue weighted by Crippen LogP contribution is -2.33. The van der Waals surface area contributed by atoms with Crippen LogP contribution < -0.4 is 11.1 Å². The van der Waals surface area contributed by atoms with E-state index in [1.807, 2.05) is 0 Å². The predicted octanol–water partition coefficient (Wildman–Crippen LogP) is 4.58. The van der Waals surface area contributed by atoms with Crippen LogP contribution in [0.5, 0.6) is 0 Å². The second-order valence-electron chi connectivity index (χ2n) is 4.95. The highest BCUT2D eigenvalue weighted by Crippen LogP contribution is 2.34. The maximum atomic E-state index is 2.55. The van der Waals surface area contributed by atoms with E-state index in [0.29, 0.717) is 6.04 Å². The van der Waals surface area contributed by atoms with Crippen molar-refractivity contribution in [3.8, 4) is 0 Å². The molecule has 1 aliphatic rings. The second-order valence-corrected chi connectivity index (χ2v) is 4.95. The molecule has 0 aliphatic carbocycles. The molecular formula is C17H22N2. The fourth-order valence-electron chi connectivity index (χ4n) is 2.88. The van der Waals surface area contributed by atoms with Crippen LogP contribution in [0.1, 0.15) is 30.9 Å². The van der Waals surface area contributed by atoms with Gasteiger partial charge in [-0.15, -0.1) is 0 Å². The van der Waals surface area contributed by atoms with Crippen LogP contribution in [0.15, 0.2) is 60.7 Å². The molecule has 19 heavy (non-hydrogen) atoms. The predicted molar refractivity (Wildman–Crippen MR) is 81.8 cm³/mol. The molecular weight excluding hydrogens is 232 g/mol. The molecule has 0 saturated carbocycles. The minimum Gasteiger partial charge on any atom is -0.364 e. The van der Waals surface area contributed by atoms with E-state index in [0.717, 1.165) is 0 Å². The number of hydrogen-bond donors (Lipinski definition) is 1. The maximum absolute atomic E-state index is 2.55. The van der Waals surface area contributed by atoms with E-state index in [2.05, 4.69) is 65.6 Å². The molecule has 0 radical (unpaired) electrons. The van der Waals surface area contributed by atoms with Crippen molar-refractivity contribution in [3.63, 3.8) is 0 Å². The molecule has 1 aliphatic heterocycles. The van der Waals surface area contributed by atoms with Crippen molar-refractivity contribution >= 4 is 5.69 Å². The van der Waals surface area contributed by atoms with Crippen LogP contribution in [0.25, 0.3) is 0 Å². The Hall–Kier alpha value is -1.80. The molecule has 1 heterocycles. The standard InChI is InChI=1S/C17H19N.H3N/c1-3-9-15(10-4-1)17-13-7-8-14-18(17)16-11-5-2-6-12-16;/h1-6,9-12,17H,7-8,13-14H2;1H3. The Bertz CT molecular complexity index is 434. The van der Waals surface area contributed by atoms with E-state index >= 15 is 0 Å². The zero-order valence-electron chi connectivity index (χ0n) is 11.3. The number of rotatable bonds is 2. The van der Waals surface area contributed by atoms with Crippen molar-refractivity contribution in [3.05, 3.63) is 66.2 Å². The van der Waals surface area contributed by atoms with E-state index in [1.54, 1.807) is 0 Å². The number of para-hydroxylation sites is 1. The van der Waals surface area contributed by atoms with Crippen LogP contribution in [-0.4, -0.2) is 6.54 Å². The van der Waals surface area contributed by atoms with Crippen LogP contribution in [0, 0.1) is 0 Å². The van der Waals surface area contributed by atoms with Gasteiger partial charge < -0.3 is 11.1 Å². The van der Waals surface area contributed by atoms with Gasteiger partial charge in [-0.3, -0.25) is 0 Å². The summed E-state index contributed by atoms with van der Waals surface area (Å²) < 4.78 is 0. The molecule has 2 heteroatoms. The first-order valence-corrected chi connectivity index (χ1v) is 6.82. The Kier molecular flexibility index (Phi) is 4.58. The first-order valence-electron chi connectivity index (χ1n) is 6.82. The molecule has 3 N–H and O–H groups in total. The molecule has 0 amide bonds. The number of anilines is 1. The molecule has 2 aromatic rings. The quantitative estimate of drug-likeness (QED) is 0.851. The van der Waals surface area contributed by atoms with Crippen molar-refractivity contribution in [1.29, 1.82) is 0 Å². The molecule has 2 nitrogen and oxygen atoms in total. The van der Waals surface area contributed by atoms with Crippen LogP contribution in [-0.2, 0) is 0 Å². The van der Waals surface area contributed by atoms with Crippen LogP contribution in [0.4, 0.5) is 5.69 Å². The third kappa shape index (κ3) is 2.96. The summed E-state index contributed by atoms with van der Waals surface area (Å²) in [6.07, 6.45) is 3.90. The normalized spacial score (nSPS) is 18.7. The van der Waals surface area contributed by atoms with E-state index < -0.39 is 0 Å². The van der Waals surface area contributed by atoms with Gasteiger partial charge in [0.05, 0.1) is 6.04 Å². The first-order chi connectivity index (χ1) is 8.95. The third-order valence-electron chi connectivity index (χ3n) is 3.77. The van der Waals surface area contributed by atoms with Gasteiger partial charge in [-0.1, -0.05) is 48.5 Å². The van der Waals surface area contributed by atoms with Crippen molar-refractivity contribution in [2.75, 3.05) is 11.4 Å². The van der Waals surface area contributed by atoms with Crippen molar-refractivity contribution < 1.29 is 0 Å². The minimum atomic E-state index is 0. The van der Waals surface area contributed by atoms with E-state index in [4.69, 9.17) is 0 Å². The van der Waals surface area contributed by atoms with Crippen molar-refractivity contribution in [2.24, 2.45) is 0 Å². The summed E-state index contributed by atoms with van der Waals surface area (Å²) in [6.45, 7) is 1.17. The first kappa shape index (κ1) is 13.6. The van der Waals surface area contributed by atoms with Gasteiger partial charge in [0.25, 0.3) is 0 Å². The molecule has 0 aromatic heterocycles. The monoisotopic (exact) mass is 254 g/mol. The van der Waals surface area contributed by atoms with Crippen LogP contribution >= 0.6 is 0 Å². The van der Waals surface area contributed by atoms with Crippen molar-refractivity contribution in [1.82, 2.24) is 6.15 Å². The molecule has 1 saturated heterocycles. The zero-order valence-corrected chi connectivity index (χ0v) is 11.3. The molecule has 3 rings (SSSR count). The number of benzene rings is 2. The Morgan fingerprint density at radius 1 is 0.789 bits per heavy atom. The van der Waals surface area contributed by atoms with Gasteiger partial charge in [-0.25, -0.2) is 0 Å². The number of nitrogens with zero attached hydrogens (tertiary/aromatic N) is 1. The zero-order chi connectivity index (χ0) is 12.2. The van der Waals surface area contributed by atoms with Gasteiger partial charge in [0.1, 0.15) is 0 Å². The molecule has 1 atom stereocenters. The summed E-state index contributed by atoms with van der Waals surface area (Å²) >= 11 is 0. The average molecular weight is 254 g/mol. The summed E-state index contributed by atoms with van der Waals surface area (Å²) in [5, 5.41) is 0. The van der Waals surface area contributed by atoms with Gasteiger partial charge >= 0.3 is 0 Å². The molecule has 1 unspecified atom stereocenters. The van der Waals surface area contributed by atoms with Gasteiger partial charge in [-0.05, 0) is 37.0 Å². The largest absolute Gasteiger partial charge is 0.364 e. The topological polar surface area (TPSA) is 38.2 Å². The lowest BCUT2D eigenvalue weighted by atomic mass is 9.94. The Morgan fingerprint density at radius 3 is 2.11 bits per heavy atom. The smallest absolute Gasteiger partial charge is 0.0542 e. The van der Waals surface area contributed by atoms with E-state index in [-0.39, 0.29) is 6.15 Å². The fourth-order valence-corrected chi connectivity index (χ4v) is 2.88. The van der Waals surface area contributed by atoms with E-state index in [1.165, 1.54) is 37.1 Å². The summed E-state index contributed by atoms with van der Waals surface area (Å²) in [5.41, 5.74) is 2.80. The van der Waals surface area contributed by atoms with Gasteiger partial charge in [-0.2, -0.15) is 0 Å². The summed E-state index contributed by atoms with van der Waals surface area (Å²) in [7, 11) is 0. The summed E-state index contributed by atoms with van der Waals surface area (Å²) in [6, 6.07) is 22.2. The van der Waals surface area contributed by atoms with Gasteiger partial charge in [0.2, 0.25) is 0 Å². The van der Waals surface area contributed by atoms with Gasteiger partial charge in [0, 0.05) is 12.2 Å². The molecule has 1 fully saturated rings. The molecule has 2 aromatic carbocycles. The van der Waals surface area contributed by atoms with Crippen LogP contribution in [0.2, 0.25) is 0 Å². The lowest BCUT2D eigenvalue weighted by molar-refractivity contribution is 0.473.